The van der Waals surface area contributed by atoms with Crippen LogP contribution in [0, 0.1) is 0 Å². The van der Waals surface area contributed by atoms with Crippen LogP contribution in [-0.2, 0) is 0 Å². The first-order valence-electron chi connectivity index (χ1n) is 4.43. The van der Waals surface area contributed by atoms with Gasteiger partial charge in [-0.25, -0.2) is 0 Å². The predicted octanol–water partition coefficient (Wildman–Crippen LogP) is 0.0527. The predicted molar refractivity (Wildman–Crippen MR) is 49.2 cm³/mol. The van der Waals surface area contributed by atoms with Crippen LogP contribution >= 0.6 is 0 Å². The molecule has 1 aliphatic heterocycles. The minimum atomic E-state index is -0.692. The molecule has 0 aromatic heterocycles. The number of aliphatic hydroxyl groups excluding tert-OH is 2. The maximum absolute atomic E-state index is 9.60. The Kier molecular flexibility index (Phi) is 2.31. The summed E-state index contributed by atoms with van der Waals surface area (Å²) >= 11 is 0. The van der Waals surface area contributed by atoms with Gasteiger partial charge in [0.1, 0.15) is 6.10 Å². The van der Waals surface area contributed by atoms with Gasteiger partial charge in [0.25, 0.3) is 0 Å². The number of rotatable bonds is 1. The Morgan fingerprint density at radius 3 is 2.38 bits per heavy atom. The van der Waals surface area contributed by atoms with Gasteiger partial charge in [0, 0.05) is 6.54 Å². The number of benzene rings is 1. The molecular weight excluding hydrogens is 166 g/mol. The van der Waals surface area contributed by atoms with E-state index in [9.17, 15) is 10.2 Å². The van der Waals surface area contributed by atoms with E-state index in [-0.39, 0.29) is 6.04 Å². The van der Waals surface area contributed by atoms with Crippen molar-refractivity contribution in [2.45, 2.75) is 18.2 Å². The minimum Gasteiger partial charge on any atom is -0.389 e. The van der Waals surface area contributed by atoms with Crippen LogP contribution in [0.15, 0.2) is 30.3 Å². The van der Waals surface area contributed by atoms with Gasteiger partial charge in [0.2, 0.25) is 0 Å². The van der Waals surface area contributed by atoms with E-state index in [4.69, 9.17) is 0 Å². The third-order valence-electron chi connectivity index (χ3n) is 2.44. The second kappa shape index (κ2) is 3.46. The maximum Gasteiger partial charge on any atom is 0.101 e. The van der Waals surface area contributed by atoms with Crippen LogP contribution in [0.1, 0.15) is 11.6 Å². The third kappa shape index (κ3) is 1.58. The van der Waals surface area contributed by atoms with Crippen LogP contribution in [0.5, 0.6) is 0 Å². The Morgan fingerprint density at radius 1 is 1.15 bits per heavy atom. The first kappa shape index (κ1) is 8.69. The van der Waals surface area contributed by atoms with Crippen molar-refractivity contribution in [2.75, 3.05) is 6.54 Å². The largest absolute Gasteiger partial charge is 0.389 e. The number of hydrogen-bond donors (Lipinski definition) is 3. The zero-order chi connectivity index (χ0) is 9.26. The zero-order valence-electron chi connectivity index (χ0n) is 7.22. The van der Waals surface area contributed by atoms with E-state index in [1.54, 1.807) is 0 Å². The first-order chi connectivity index (χ1) is 6.29. The summed E-state index contributed by atoms with van der Waals surface area (Å²) in [7, 11) is 0. The molecule has 1 fully saturated rings. The second-order valence-corrected chi connectivity index (χ2v) is 3.35. The summed E-state index contributed by atoms with van der Waals surface area (Å²) < 4.78 is 0. The number of nitrogens with one attached hydrogen (secondary N) is 1. The van der Waals surface area contributed by atoms with E-state index >= 15 is 0 Å². The van der Waals surface area contributed by atoms with Crippen LogP contribution < -0.4 is 5.32 Å². The lowest BCUT2D eigenvalue weighted by Crippen LogP contribution is -2.25. The van der Waals surface area contributed by atoms with Crippen molar-refractivity contribution in [1.82, 2.24) is 5.32 Å². The summed E-state index contributed by atoms with van der Waals surface area (Å²) in [6, 6.07) is 9.54. The lowest BCUT2D eigenvalue weighted by Gasteiger charge is -2.15. The fourth-order valence-electron chi connectivity index (χ4n) is 1.69. The molecule has 0 aliphatic carbocycles. The van der Waals surface area contributed by atoms with Gasteiger partial charge in [-0.15, -0.1) is 0 Å². The molecule has 1 heterocycles. The van der Waals surface area contributed by atoms with Crippen molar-refractivity contribution >= 4 is 0 Å². The molecule has 0 amide bonds. The summed E-state index contributed by atoms with van der Waals surface area (Å²) in [5.41, 5.74) is 1.02. The van der Waals surface area contributed by atoms with Crippen LogP contribution in [0.25, 0.3) is 0 Å². The Hall–Kier alpha value is -0.900. The third-order valence-corrected chi connectivity index (χ3v) is 2.44. The minimum absolute atomic E-state index is 0.129. The van der Waals surface area contributed by atoms with Crippen molar-refractivity contribution in [2.24, 2.45) is 0 Å². The SMILES string of the molecule is O[C@@H]1[C@@H](O)CN[C@H]1c1ccccc1. The zero-order valence-corrected chi connectivity index (χ0v) is 7.22. The van der Waals surface area contributed by atoms with Crippen molar-refractivity contribution < 1.29 is 10.2 Å². The van der Waals surface area contributed by atoms with Crippen LogP contribution in [0.2, 0.25) is 0 Å². The van der Waals surface area contributed by atoms with Gasteiger partial charge in [-0.1, -0.05) is 30.3 Å². The second-order valence-electron chi connectivity index (χ2n) is 3.35. The quantitative estimate of drug-likeness (QED) is 0.571. The normalized spacial score (nSPS) is 33.5. The molecule has 3 N–H and O–H groups in total. The highest BCUT2D eigenvalue weighted by Gasteiger charge is 2.33. The van der Waals surface area contributed by atoms with Gasteiger partial charge in [-0.05, 0) is 5.56 Å². The molecule has 1 saturated heterocycles. The van der Waals surface area contributed by atoms with Crippen molar-refractivity contribution in [3.05, 3.63) is 35.9 Å². The fraction of sp³-hybridized carbons (Fsp3) is 0.400. The smallest absolute Gasteiger partial charge is 0.101 e. The average molecular weight is 179 g/mol. The van der Waals surface area contributed by atoms with Gasteiger partial charge >= 0.3 is 0 Å². The fourth-order valence-corrected chi connectivity index (χ4v) is 1.69. The van der Waals surface area contributed by atoms with Crippen LogP contribution in [0.4, 0.5) is 0 Å². The van der Waals surface area contributed by atoms with Gasteiger partial charge < -0.3 is 15.5 Å². The van der Waals surface area contributed by atoms with Crippen LogP contribution in [0.3, 0.4) is 0 Å². The molecule has 1 aromatic rings. The van der Waals surface area contributed by atoms with E-state index in [2.05, 4.69) is 5.32 Å². The highest BCUT2D eigenvalue weighted by Crippen LogP contribution is 2.23. The monoisotopic (exact) mass is 179 g/mol. The lowest BCUT2D eigenvalue weighted by molar-refractivity contribution is 0.0405. The van der Waals surface area contributed by atoms with E-state index in [0.29, 0.717) is 6.54 Å². The van der Waals surface area contributed by atoms with Gasteiger partial charge in [0.05, 0.1) is 12.1 Å². The number of hydrogen-bond acceptors (Lipinski definition) is 3. The van der Waals surface area contributed by atoms with E-state index in [1.165, 1.54) is 0 Å². The van der Waals surface area contributed by atoms with E-state index < -0.39 is 12.2 Å². The standard InChI is InChI=1S/C10H13NO2/c12-8-6-11-9(10(8)13)7-4-2-1-3-5-7/h1-5,8-13H,6H2/t8-,9-,10+/m0/s1. The summed E-state index contributed by atoms with van der Waals surface area (Å²) in [6.07, 6.45) is -1.34. The molecule has 13 heavy (non-hydrogen) atoms. The first-order valence-corrected chi connectivity index (χ1v) is 4.43. The highest BCUT2D eigenvalue weighted by molar-refractivity contribution is 5.21. The average Bonchev–Trinajstić information content (AvgIpc) is 2.49. The molecule has 70 valence electrons. The molecule has 3 nitrogen and oxygen atoms in total. The van der Waals surface area contributed by atoms with Crippen molar-refractivity contribution in [3.63, 3.8) is 0 Å². The van der Waals surface area contributed by atoms with Crippen molar-refractivity contribution in [1.29, 1.82) is 0 Å². The molecule has 0 unspecified atom stereocenters. The molecule has 3 heteroatoms. The molecule has 2 rings (SSSR count). The Morgan fingerprint density at radius 2 is 1.85 bits per heavy atom. The summed E-state index contributed by atoms with van der Waals surface area (Å²) in [6.45, 7) is 0.459. The van der Waals surface area contributed by atoms with Gasteiger partial charge in [-0.2, -0.15) is 0 Å². The summed E-state index contributed by atoms with van der Waals surface area (Å²) in [4.78, 5) is 0. The lowest BCUT2D eigenvalue weighted by atomic mass is 10.0. The number of β-amino-alcohol motifs (C(OH)–C–C–N with tert-alkyl or cyclic N) is 1. The topological polar surface area (TPSA) is 52.5 Å². The highest BCUT2D eigenvalue weighted by atomic mass is 16.3. The number of aliphatic hydroxyl groups is 2. The molecule has 0 saturated carbocycles. The van der Waals surface area contributed by atoms with Crippen molar-refractivity contribution in [3.8, 4) is 0 Å². The molecule has 0 radical (unpaired) electrons. The molecule has 1 aliphatic rings. The molecule has 0 spiro atoms. The van der Waals surface area contributed by atoms with Gasteiger partial charge in [-0.3, -0.25) is 0 Å². The molecule has 0 bridgehead atoms. The van der Waals surface area contributed by atoms with Crippen LogP contribution in [-0.4, -0.2) is 29.0 Å². The Balaban J connectivity index is 2.19. The molecular formula is C10H13NO2. The van der Waals surface area contributed by atoms with E-state index in [1.807, 2.05) is 30.3 Å². The summed E-state index contributed by atoms with van der Waals surface area (Å²) in [5, 5.41) is 22.0. The Bertz CT molecular complexity index is 276. The molecule has 3 atom stereocenters. The van der Waals surface area contributed by atoms with Gasteiger partial charge in [0.15, 0.2) is 0 Å². The van der Waals surface area contributed by atoms with E-state index in [0.717, 1.165) is 5.56 Å². The molecule has 1 aromatic carbocycles. The maximum atomic E-state index is 9.60. The Labute approximate surface area is 77.0 Å². The summed E-state index contributed by atoms with van der Waals surface area (Å²) in [5.74, 6) is 0.